The molecule has 0 amide bonds. The first kappa shape index (κ1) is 20.8. The molecule has 27 heavy (non-hydrogen) atoms. The molecule has 4 heteroatoms. The predicted octanol–water partition coefficient (Wildman–Crippen LogP) is 6.39. The molecular weight excluding hydrogens is 338 g/mol. The van der Waals surface area contributed by atoms with Crippen LogP contribution in [0, 0.1) is 0 Å². The van der Waals surface area contributed by atoms with Crippen molar-refractivity contribution >= 4 is 5.71 Å². The summed E-state index contributed by atoms with van der Waals surface area (Å²) in [5.41, 5.74) is 3.12. The minimum absolute atomic E-state index is 0.142. The number of ether oxygens (including phenoxy) is 1. The van der Waals surface area contributed by atoms with Gasteiger partial charge in [-0.25, -0.2) is 0 Å². The summed E-state index contributed by atoms with van der Waals surface area (Å²) >= 11 is 0. The van der Waals surface area contributed by atoms with Crippen LogP contribution >= 0.6 is 0 Å². The Kier molecular flexibility index (Phi) is 8.69. The van der Waals surface area contributed by atoms with Gasteiger partial charge in [0.25, 0.3) is 0 Å². The molecule has 0 aliphatic heterocycles. The smallest absolute Gasteiger partial charge is 0.124 e. The topological polar surface area (TPSA) is 62.1 Å². The fourth-order valence-corrected chi connectivity index (χ4v) is 3.22. The molecule has 2 rings (SSSR count). The van der Waals surface area contributed by atoms with Gasteiger partial charge in [-0.2, -0.15) is 0 Å². The standard InChI is InChI=1S/C23H31NO3/c1-3-4-5-6-7-8-9-10-22(24-26)21-17-19(13-16-23(21)25)18-11-14-20(27-2)15-12-18/h11-17,25-26H,3-10H2,1-2H3/b24-22+. The van der Waals surface area contributed by atoms with Crippen LogP contribution in [0.5, 0.6) is 11.5 Å². The Morgan fingerprint density at radius 3 is 2.15 bits per heavy atom. The lowest BCUT2D eigenvalue weighted by Gasteiger charge is -2.10. The highest BCUT2D eigenvalue weighted by Crippen LogP contribution is 2.29. The second-order valence-corrected chi connectivity index (χ2v) is 6.88. The molecule has 4 nitrogen and oxygen atoms in total. The zero-order chi connectivity index (χ0) is 19.5. The van der Waals surface area contributed by atoms with Gasteiger partial charge in [-0.15, -0.1) is 0 Å². The molecule has 0 radical (unpaired) electrons. The summed E-state index contributed by atoms with van der Waals surface area (Å²) in [6.45, 7) is 2.22. The first-order valence-electron chi connectivity index (χ1n) is 9.88. The average Bonchev–Trinajstić information content (AvgIpc) is 2.71. The van der Waals surface area contributed by atoms with Gasteiger partial charge in [-0.05, 0) is 48.2 Å². The van der Waals surface area contributed by atoms with E-state index in [1.54, 1.807) is 13.2 Å². The Bertz CT molecular complexity index is 723. The molecule has 0 atom stereocenters. The SMILES string of the molecule is CCCCCCCCC/C(=N\O)c1cc(-c2ccc(OC)cc2)ccc1O. The van der Waals surface area contributed by atoms with E-state index in [0.717, 1.165) is 29.7 Å². The zero-order valence-electron chi connectivity index (χ0n) is 16.4. The zero-order valence-corrected chi connectivity index (χ0v) is 16.4. The van der Waals surface area contributed by atoms with Gasteiger partial charge in [-0.3, -0.25) is 0 Å². The third-order valence-corrected chi connectivity index (χ3v) is 4.87. The molecule has 0 aromatic heterocycles. The van der Waals surface area contributed by atoms with Gasteiger partial charge in [0, 0.05) is 5.56 Å². The molecule has 0 spiro atoms. The van der Waals surface area contributed by atoms with E-state index in [-0.39, 0.29) is 5.75 Å². The van der Waals surface area contributed by atoms with Crippen LogP contribution in [-0.4, -0.2) is 23.1 Å². The van der Waals surface area contributed by atoms with Gasteiger partial charge < -0.3 is 15.1 Å². The summed E-state index contributed by atoms with van der Waals surface area (Å²) in [7, 11) is 1.64. The number of rotatable bonds is 11. The Labute approximate surface area is 162 Å². The van der Waals surface area contributed by atoms with E-state index in [1.165, 1.54) is 32.1 Å². The maximum Gasteiger partial charge on any atom is 0.124 e. The van der Waals surface area contributed by atoms with E-state index in [1.807, 2.05) is 36.4 Å². The summed E-state index contributed by atoms with van der Waals surface area (Å²) in [5.74, 6) is 0.942. The fourth-order valence-electron chi connectivity index (χ4n) is 3.22. The van der Waals surface area contributed by atoms with Crippen molar-refractivity contribution in [2.75, 3.05) is 7.11 Å². The van der Waals surface area contributed by atoms with Crippen LogP contribution in [0.3, 0.4) is 0 Å². The molecule has 0 saturated heterocycles. The largest absolute Gasteiger partial charge is 0.507 e. The highest BCUT2D eigenvalue weighted by Gasteiger charge is 2.12. The Hall–Kier alpha value is -2.49. The molecular formula is C23H31NO3. The van der Waals surface area contributed by atoms with Gasteiger partial charge in [-0.1, -0.05) is 68.8 Å². The first-order valence-corrected chi connectivity index (χ1v) is 9.88. The number of phenols is 1. The molecule has 0 fully saturated rings. The van der Waals surface area contributed by atoms with Crippen LogP contribution in [0.2, 0.25) is 0 Å². The lowest BCUT2D eigenvalue weighted by Crippen LogP contribution is -2.02. The van der Waals surface area contributed by atoms with Crippen molar-refractivity contribution in [3.05, 3.63) is 48.0 Å². The summed E-state index contributed by atoms with van der Waals surface area (Å²) in [5, 5.41) is 23.2. The van der Waals surface area contributed by atoms with E-state index in [2.05, 4.69) is 12.1 Å². The summed E-state index contributed by atoms with van der Waals surface area (Å²) in [6.07, 6.45) is 9.04. The van der Waals surface area contributed by atoms with Crippen molar-refractivity contribution in [3.8, 4) is 22.6 Å². The highest BCUT2D eigenvalue weighted by molar-refractivity contribution is 6.03. The van der Waals surface area contributed by atoms with E-state index in [0.29, 0.717) is 17.7 Å². The number of hydrogen-bond donors (Lipinski definition) is 2. The molecule has 0 aliphatic carbocycles. The van der Waals surface area contributed by atoms with Crippen LogP contribution in [0.15, 0.2) is 47.6 Å². The molecule has 0 saturated carbocycles. The third-order valence-electron chi connectivity index (χ3n) is 4.87. The van der Waals surface area contributed by atoms with E-state index < -0.39 is 0 Å². The third kappa shape index (κ3) is 6.31. The normalized spacial score (nSPS) is 11.6. The minimum atomic E-state index is 0.142. The van der Waals surface area contributed by atoms with Crippen molar-refractivity contribution in [1.82, 2.24) is 0 Å². The van der Waals surface area contributed by atoms with Crippen LogP contribution in [0.4, 0.5) is 0 Å². The Morgan fingerprint density at radius 1 is 0.889 bits per heavy atom. The Balaban J connectivity index is 2.02. The van der Waals surface area contributed by atoms with Crippen LogP contribution in [0.25, 0.3) is 11.1 Å². The van der Waals surface area contributed by atoms with Gasteiger partial charge in [0.15, 0.2) is 0 Å². The number of methoxy groups -OCH3 is 1. The predicted molar refractivity (Wildman–Crippen MR) is 111 cm³/mol. The molecule has 0 bridgehead atoms. The van der Waals surface area contributed by atoms with Crippen LogP contribution in [0.1, 0.15) is 63.9 Å². The minimum Gasteiger partial charge on any atom is -0.507 e. The van der Waals surface area contributed by atoms with Gasteiger partial charge in [0.2, 0.25) is 0 Å². The van der Waals surface area contributed by atoms with Crippen molar-refractivity contribution in [2.45, 2.75) is 58.3 Å². The summed E-state index contributed by atoms with van der Waals surface area (Å²) in [4.78, 5) is 0. The second kappa shape index (κ2) is 11.3. The number of benzene rings is 2. The molecule has 0 unspecified atom stereocenters. The fraction of sp³-hybridized carbons (Fsp3) is 0.435. The lowest BCUT2D eigenvalue weighted by molar-refractivity contribution is 0.317. The molecule has 0 aliphatic rings. The van der Waals surface area contributed by atoms with E-state index in [9.17, 15) is 10.3 Å². The van der Waals surface area contributed by atoms with Crippen LogP contribution < -0.4 is 4.74 Å². The molecule has 146 valence electrons. The monoisotopic (exact) mass is 369 g/mol. The number of oxime groups is 1. The van der Waals surface area contributed by atoms with Gasteiger partial charge >= 0.3 is 0 Å². The van der Waals surface area contributed by atoms with Crippen molar-refractivity contribution in [2.24, 2.45) is 5.16 Å². The van der Waals surface area contributed by atoms with Crippen molar-refractivity contribution in [3.63, 3.8) is 0 Å². The molecule has 0 heterocycles. The average molecular weight is 370 g/mol. The van der Waals surface area contributed by atoms with E-state index in [4.69, 9.17) is 4.74 Å². The molecule has 2 N–H and O–H groups in total. The molecule has 2 aromatic rings. The number of unbranched alkanes of at least 4 members (excludes halogenated alkanes) is 6. The van der Waals surface area contributed by atoms with Gasteiger partial charge in [0.1, 0.15) is 11.5 Å². The number of phenolic OH excluding ortho intramolecular Hbond substituents is 1. The van der Waals surface area contributed by atoms with E-state index >= 15 is 0 Å². The summed E-state index contributed by atoms with van der Waals surface area (Å²) < 4.78 is 5.20. The van der Waals surface area contributed by atoms with Gasteiger partial charge in [0.05, 0.1) is 12.8 Å². The quantitative estimate of drug-likeness (QED) is 0.209. The Morgan fingerprint density at radius 2 is 1.52 bits per heavy atom. The maximum atomic E-state index is 10.3. The van der Waals surface area contributed by atoms with Crippen LogP contribution in [-0.2, 0) is 0 Å². The second-order valence-electron chi connectivity index (χ2n) is 6.88. The molecule has 2 aromatic carbocycles. The number of hydrogen-bond acceptors (Lipinski definition) is 4. The number of nitrogens with zero attached hydrogens (tertiary/aromatic N) is 1. The first-order chi connectivity index (χ1) is 13.2. The summed E-state index contributed by atoms with van der Waals surface area (Å²) in [6, 6.07) is 13.2. The number of aromatic hydroxyl groups is 1. The maximum absolute atomic E-state index is 10.3. The lowest BCUT2D eigenvalue weighted by atomic mass is 9.97. The van der Waals surface area contributed by atoms with Crippen molar-refractivity contribution in [1.29, 1.82) is 0 Å². The highest BCUT2D eigenvalue weighted by atomic mass is 16.5. The van der Waals surface area contributed by atoms with Crippen molar-refractivity contribution < 1.29 is 15.1 Å².